The molecule has 6 nitrogen and oxygen atoms in total. The lowest BCUT2D eigenvalue weighted by Crippen LogP contribution is -2.46. The predicted molar refractivity (Wildman–Crippen MR) is 98.9 cm³/mol. The molecule has 2 heterocycles. The Bertz CT molecular complexity index is 698. The molecule has 0 bridgehead atoms. The van der Waals surface area contributed by atoms with Gasteiger partial charge in [-0.2, -0.15) is 0 Å². The summed E-state index contributed by atoms with van der Waals surface area (Å²) in [4.78, 5) is -0.0762. The molecule has 2 fully saturated rings. The highest BCUT2D eigenvalue weighted by Crippen LogP contribution is 2.23. The van der Waals surface area contributed by atoms with Crippen LogP contribution in [0.1, 0.15) is 26.2 Å². The number of nitrogens with one attached hydrogen (secondary N) is 2. The lowest BCUT2D eigenvalue weighted by atomic mass is 10.0. The van der Waals surface area contributed by atoms with Crippen molar-refractivity contribution in [1.82, 2.24) is 10.0 Å². The standard InChI is InChI=1S/C17H25FN2O4S.ClH/c1-12-8-14(4-6-19-12)20-25(21,22)15-2-3-17(16(18)9-15)24-11-13-5-7-23-10-13;/h2-3,9,12-14,19-20H,4-8,10-11H2,1H3;1H. The fraction of sp³-hybridized carbons (Fsp3) is 0.647. The smallest absolute Gasteiger partial charge is 0.240 e. The maximum absolute atomic E-state index is 14.2. The molecule has 0 saturated carbocycles. The van der Waals surface area contributed by atoms with Crippen molar-refractivity contribution in [3.63, 3.8) is 0 Å². The number of hydrogen-bond donors (Lipinski definition) is 2. The second kappa shape index (κ2) is 9.32. The Morgan fingerprint density at radius 2 is 2.19 bits per heavy atom. The van der Waals surface area contributed by atoms with Crippen LogP contribution in [0.5, 0.6) is 5.75 Å². The summed E-state index contributed by atoms with van der Waals surface area (Å²) in [5, 5.41) is 3.27. The molecule has 2 aliphatic rings. The third-order valence-electron chi connectivity index (χ3n) is 4.66. The minimum atomic E-state index is -3.75. The van der Waals surface area contributed by atoms with Crippen LogP contribution in [-0.4, -0.2) is 46.9 Å². The van der Waals surface area contributed by atoms with E-state index in [2.05, 4.69) is 10.0 Å². The van der Waals surface area contributed by atoms with Crippen molar-refractivity contribution >= 4 is 22.4 Å². The number of benzene rings is 1. The molecule has 3 rings (SSSR count). The Balaban J connectivity index is 0.00000243. The van der Waals surface area contributed by atoms with Gasteiger partial charge < -0.3 is 14.8 Å². The predicted octanol–water partition coefficient (Wildman–Crippen LogP) is 2.08. The fourth-order valence-corrected chi connectivity index (χ4v) is 4.51. The normalized spacial score (nSPS) is 26.3. The van der Waals surface area contributed by atoms with E-state index in [0.717, 1.165) is 25.5 Å². The van der Waals surface area contributed by atoms with E-state index < -0.39 is 15.8 Å². The van der Waals surface area contributed by atoms with Crippen molar-refractivity contribution in [2.45, 2.75) is 43.2 Å². The molecule has 3 unspecified atom stereocenters. The molecule has 0 spiro atoms. The fourth-order valence-electron chi connectivity index (χ4n) is 3.21. The van der Waals surface area contributed by atoms with Gasteiger partial charge in [-0.05, 0) is 50.9 Å². The monoisotopic (exact) mass is 408 g/mol. The Morgan fingerprint density at radius 1 is 1.38 bits per heavy atom. The number of sulfonamides is 1. The molecule has 1 aromatic rings. The van der Waals surface area contributed by atoms with Gasteiger partial charge in [-0.3, -0.25) is 0 Å². The lowest BCUT2D eigenvalue weighted by Gasteiger charge is -2.28. The summed E-state index contributed by atoms with van der Waals surface area (Å²) in [6.45, 7) is 4.47. The first kappa shape index (κ1) is 21.4. The minimum Gasteiger partial charge on any atom is -0.490 e. The molecular formula is C17H26ClFN2O4S. The van der Waals surface area contributed by atoms with Crippen molar-refractivity contribution in [2.75, 3.05) is 26.4 Å². The number of piperidine rings is 1. The van der Waals surface area contributed by atoms with E-state index in [1.165, 1.54) is 12.1 Å². The Labute approximate surface area is 160 Å². The lowest BCUT2D eigenvalue weighted by molar-refractivity contribution is 0.165. The van der Waals surface area contributed by atoms with Gasteiger partial charge in [-0.15, -0.1) is 12.4 Å². The van der Waals surface area contributed by atoms with Crippen molar-refractivity contribution in [1.29, 1.82) is 0 Å². The number of hydrogen-bond acceptors (Lipinski definition) is 5. The first-order chi connectivity index (χ1) is 11.9. The number of ether oxygens (including phenoxy) is 2. The van der Waals surface area contributed by atoms with Gasteiger partial charge in [-0.25, -0.2) is 17.5 Å². The molecule has 0 radical (unpaired) electrons. The number of halogens is 2. The first-order valence-electron chi connectivity index (χ1n) is 8.70. The van der Waals surface area contributed by atoms with Crippen LogP contribution in [0.3, 0.4) is 0 Å². The van der Waals surface area contributed by atoms with Gasteiger partial charge in [0.1, 0.15) is 0 Å². The molecule has 148 valence electrons. The molecule has 0 amide bonds. The second-order valence-corrected chi connectivity index (χ2v) is 8.54. The van der Waals surface area contributed by atoms with Gasteiger partial charge in [0, 0.05) is 24.6 Å². The van der Waals surface area contributed by atoms with Crippen LogP contribution in [0.25, 0.3) is 0 Å². The third-order valence-corrected chi connectivity index (χ3v) is 6.18. The van der Waals surface area contributed by atoms with Crippen molar-refractivity contribution < 1.29 is 22.3 Å². The maximum atomic E-state index is 14.2. The van der Waals surface area contributed by atoms with E-state index in [4.69, 9.17) is 9.47 Å². The van der Waals surface area contributed by atoms with E-state index in [-0.39, 0.29) is 41.1 Å². The Kier molecular flexibility index (Phi) is 7.66. The van der Waals surface area contributed by atoms with Crippen molar-refractivity contribution in [3.05, 3.63) is 24.0 Å². The maximum Gasteiger partial charge on any atom is 0.240 e. The second-order valence-electron chi connectivity index (χ2n) is 6.83. The quantitative estimate of drug-likeness (QED) is 0.753. The van der Waals surface area contributed by atoms with Crippen LogP contribution >= 0.6 is 12.4 Å². The zero-order chi connectivity index (χ0) is 17.9. The van der Waals surface area contributed by atoms with Gasteiger partial charge in [-0.1, -0.05) is 0 Å². The van der Waals surface area contributed by atoms with E-state index in [1.54, 1.807) is 0 Å². The van der Waals surface area contributed by atoms with Gasteiger partial charge in [0.05, 0.1) is 18.1 Å². The molecule has 1 aromatic carbocycles. The Morgan fingerprint density at radius 3 is 2.85 bits per heavy atom. The molecule has 0 aromatic heterocycles. The van der Waals surface area contributed by atoms with Crippen molar-refractivity contribution in [3.8, 4) is 5.75 Å². The highest BCUT2D eigenvalue weighted by molar-refractivity contribution is 7.89. The first-order valence-corrected chi connectivity index (χ1v) is 10.2. The van der Waals surface area contributed by atoms with Crippen LogP contribution in [0.2, 0.25) is 0 Å². The van der Waals surface area contributed by atoms with Crippen LogP contribution < -0.4 is 14.8 Å². The average Bonchev–Trinajstić information content (AvgIpc) is 3.06. The largest absolute Gasteiger partial charge is 0.490 e. The highest BCUT2D eigenvalue weighted by atomic mass is 35.5. The van der Waals surface area contributed by atoms with Crippen molar-refractivity contribution in [2.24, 2.45) is 5.92 Å². The van der Waals surface area contributed by atoms with Crippen LogP contribution in [0, 0.1) is 11.7 Å². The van der Waals surface area contributed by atoms with Gasteiger partial charge in [0.15, 0.2) is 11.6 Å². The third kappa shape index (κ3) is 5.53. The summed E-state index contributed by atoms with van der Waals surface area (Å²) < 4.78 is 52.6. The van der Waals surface area contributed by atoms with E-state index in [0.29, 0.717) is 26.2 Å². The molecule has 2 aliphatic heterocycles. The van der Waals surface area contributed by atoms with Gasteiger partial charge in [0.2, 0.25) is 10.0 Å². The topological polar surface area (TPSA) is 76.7 Å². The van der Waals surface area contributed by atoms with Crippen LogP contribution in [-0.2, 0) is 14.8 Å². The summed E-state index contributed by atoms with van der Waals surface area (Å²) >= 11 is 0. The van der Waals surface area contributed by atoms with Crippen LogP contribution in [0.15, 0.2) is 23.1 Å². The SMILES string of the molecule is CC1CC(NS(=O)(=O)c2ccc(OCC3CCOC3)c(F)c2)CCN1.Cl. The van der Waals surface area contributed by atoms with Crippen LogP contribution in [0.4, 0.5) is 4.39 Å². The summed E-state index contributed by atoms with van der Waals surface area (Å²) in [5.74, 6) is -0.340. The Hall–Kier alpha value is -0.930. The summed E-state index contributed by atoms with van der Waals surface area (Å²) in [6.07, 6.45) is 2.33. The molecule has 3 atom stereocenters. The molecule has 0 aliphatic carbocycles. The molecule has 26 heavy (non-hydrogen) atoms. The zero-order valence-electron chi connectivity index (χ0n) is 14.7. The average molecular weight is 409 g/mol. The van der Waals surface area contributed by atoms with Gasteiger partial charge in [0.25, 0.3) is 0 Å². The molecule has 2 N–H and O–H groups in total. The summed E-state index contributed by atoms with van der Waals surface area (Å²) in [7, 11) is -3.75. The highest BCUT2D eigenvalue weighted by Gasteiger charge is 2.25. The summed E-state index contributed by atoms with van der Waals surface area (Å²) in [5.41, 5.74) is 0. The molecule has 9 heteroatoms. The van der Waals surface area contributed by atoms with Gasteiger partial charge >= 0.3 is 0 Å². The van der Waals surface area contributed by atoms with E-state index in [1.807, 2.05) is 6.92 Å². The number of rotatable bonds is 6. The minimum absolute atomic E-state index is 0. The van der Waals surface area contributed by atoms with E-state index in [9.17, 15) is 12.8 Å². The summed E-state index contributed by atoms with van der Waals surface area (Å²) in [6, 6.07) is 3.91. The zero-order valence-corrected chi connectivity index (χ0v) is 16.4. The molecule has 2 saturated heterocycles. The van der Waals surface area contributed by atoms with E-state index >= 15 is 0 Å². The molecular weight excluding hydrogens is 383 g/mol.